The van der Waals surface area contributed by atoms with Crippen LogP contribution in [0.1, 0.15) is 67.8 Å². The molecule has 0 radical (unpaired) electrons. The molecule has 0 unspecified atom stereocenters. The maximum absolute atomic E-state index is 11.0. The van der Waals surface area contributed by atoms with Gasteiger partial charge in [-0.05, 0) is 37.8 Å². The number of hydrogen-bond donors (Lipinski definition) is 0. The number of hydrogen-bond acceptors (Lipinski definition) is 6. The maximum atomic E-state index is 11.0. The molecule has 7 nitrogen and oxygen atoms in total. The van der Waals surface area contributed by atoms with Crippen molar-refractivity contribution in [3.8, 4) is 0 Å². The highest BCUT2D eigenvalue weighted by atomic mass is 16.6. The highest BCUT2D eigenvalue weighted by Crippen LogP contribution is 2.38. The Morgan fingerprint density at radius 2 is 2.00 bits per heavy atom. The summed E-state index contributed by atoms with van der Waals surface area (Å²) in [5.41, 5.74) is 1.08. The van der Waals surface area contributed by atoms with Crippen molar-refractivity contribution >= 4 is 5.69 Å². The molecule has 1 saturated carbocycles. The van der Waals surface area contributed by atoms with Gasteiger partial charge in [-0.3, -0.25) is 15.0 Å². The summed E-state index contributed by atoms with van der Waals surface area (Å²) < 4.78 is 5.98. The number of aromatic nitrogens is 2. The molecule has 0 N–H and O–H groups in total. The molecule has 7 heteroatoms. The van der Waals surface area contributed by atoms with Crippen LogP contribution in [-0.2, 0) is 6.54 Å². The van der Waals surface area contributed by atoms with E-state index in [1.54, 1.807) is 12.1 Å². The predicted octanol–water partition coefficient (Wildman–Crippen LogP) is 3.97. The van der Waals surface area contributed by atoms with E-state index in [9.17, 15) is 10.1 Å². The monoisotopic (exact) mass is 342 g/mol. The Bertz CT molecular complexity index is 756. The SMILES string of the molecule is O=[N+]([O-])c1cccc(CN2CCCC[C@@H]2c2nnc(C3CCC3)o2)c1. The zero-order chi connectivity index (χ0) is 17.2. The molecule has 0 spiro atoms. The van der Waals surface area contributed by atoms with Crippen LogP contribution in [0, 0.1) is 10.1 Å². The van der Waals surface area contributed by atoms with E-state index in [2.05, 4.69) is 15.1 Å². The molecule has 2 fully saturated rings. The second-order valence-corrected chi connectivity index (χ2v) is 7.02. The van der Waals surface area contributed by atoms with E-state index >= 15 is 0 Å². The average molecular weight is 342 g/mol. The summed E-state index contributed by atoms with van der Waals surface area (Å²) in [7, 11) is 0. The second-order valence-electron chi connectivity index (χ2n) is 7.02. The molecular weight excluding hydrogens is 320 g/mol. The van der Waals surface area contributed by atoms with Gasteiger partial charge < -0.3 is 4.42 Å². The van der Waals surface area contributed by atoms with Crippen molar-refractivity contribution in [3.05, 3.63) is 51.7 Å². The van der Waals surface area contributed by atoms with E-state index < -0.39 is 0 Å². The van der Waals surface area contributed by atoms with Gasteiger partial charge in [-0.2, -0.15) is 0 Å². The van der Waals surface area contributed by atoms with E-state index in [0.29, 0.717) is 18.4 Å². The van der Waals surface area contributed by atoms with E-state index in [1.165, 1.54) is 12.5 Å². The summed E-state index contributed by atoms with van der Waals surface area (Å²) in [6, 6.07) is 6.97. The van der Waals surface area contributed by atoms with Gasteiger partial charge >= 0.3 is 0 Å². The van der Waals surface area contributed by atoms with Gasteiger partial charge in [0.25, 0.3) is 5.69 Å². The van der Waals surface area contributed by atoms with Crippen LogP contribution in [0.4, 0.5) is 5.69 Å². The number of rotatable bonds is 5. The van der Waals surface area contributed by atoms with Crippen molar-refractivity contribution in [3.63, 3.8) is 0 Å². The van der Waals surface area contributed by atoms with Crippen molar-refractivity contribution in [2.24, 2.45) is 0 Å². The number of nitrogens with zero attached hydrogens (tertiary/aromatic N) is 4. The van der Waals surface area contributed by atoms with E-state index in [0.717, 1.165) is 50.1 Å². The summed E-state index contributed by atoms with van der Waals surface area (Å²) in [5.74, 6) is 1.92. The zero-order valence-electron chi connectivity index (χ0n) is 14.1. The molecule has 1 atom stereocenters. The van der Waals surface area contributed by atoms with Gasteiger partial charge in [-0.15, -0.1) is 10.2 Å². The van der Waals surface area contributed by atoms with Crippen molar-refractivity contribution in [2.75, 3.05) is 6.54 Å². The van der Waals surface area contributed by atoms with Gasteiger partial charge in [0.05, 0.1) is 11.0 Å². The standard InChI is InChI=1S/C18H22N4O3/c23-22(24)15-8-3-5-13(11-15)12-21-10-2-1-9-16(21)18-20-19-17(25-18)14-6-4-7-14/h3,5,8,11,14,16H,1-2,4,6-7,9-10,12H2/t16-/m1/s1. The fourth-order valence-electron chi connectivity index (χ4n) is 3.66. The average Bonchev–Trinajstić information content (AvgIpc) is 3.03. The summed E-state index contributed by atoms with van der Waals surface area (Å²) in [6.45, 7) is 1.60. The lowest BCUT2D eigenvalue weighted by atomic mass is 9.85. The lowest BCUT2D eigenvalue weighted by Gasteiger charge is -2.33. The zero-order valence-corrected chi connectivity index (χ0v) is 14.1. The van der Waals surface area contributed by atoms with Crippen LogP contribution in [0.15, 0.2) is 28.7 Å². The van der Waals surface area contributed by atoms with Gasteiger partial charge in [0, 0.05) is 24.6 Å². The molecule has 1 aliphatic carbocycles. The molecule has 132 valence electrons. The number of non-ortho nitro benzene ring substituents is 1. The van der Waals surface area contributed by atoms with E-state index in [1.807, 2.05) is 6.07 Å². The van der Waals surface area contributed by atoms with Crippen LogP contribution in [0.25, 0.3) is 0 Å². The molecular formula is C18H22N4O3. The third kappa shape index (κ3) is 3.42. The summed E-state index contributed by atoms with van der Waals surface area (Å²) >= 11 is 0. The predicted molar refractivity (Wildman–Crippen MR) is 91.0 cm³/mol. The summed E-state index contributed by atoms with van der Waals surface area (Å²) in [5, 5.41) is 19.6. The highest BCUT2D eigenvalue weighted by molar-refractivity contribution is 5.34. The third-order valence-corrected chi connectivity index (χ3v) is 5.32. The first-order valence-electron chi connectivity index (χ1n) is 9.01. The molecule has 1 aromatic heterocycles. The molecule has 2 aliphatic rings. The number of piperidine rings is 1. The Kier molecular flexibility index (Phi) is 4.48. The highest BCUT2D eigenvalue weighted by Gasteiger charge is 2.31. The van der Waals surface area contributed by atoms with Gasteiger partial charge in [0.2, 0.25) is 11.8 Å². The minimum atomic E-state index is -0.347. The first-order chi connectivity index (χ1) is 12.2. The van der Waals surface area contributed by atoms with Crippen LogP contribution in [-0.4, -0.2) is 26.6 Å². The lowest BCUT2D eigenvalue weighted by molar-refractivity contribution is -0.384. The van der Waals surface area contributed by atoms with Gasteiger partial charge in [0.15, 0.2) is 0 Å². The molecule has 2 heterocycles. The first kappa shape index (κ1) is 16.2. The first-order valence-corrected chi connectivity index (χ1v) is 9.01. The smallest absolute Gasteiger partial charge is 0.269 e. The molecule has 25 heavy (non-hydrogen) atoms. The van der Waals surface area contributed by atoms with Gasteiger partial charge in [-0.1, -0.05) is 25.0 Å². The van der Waals surface area contributed by atoms with Gasteiger partial charge in [0.1, 0.15) is 0 Å². The molecule has 2 aromatic rings. The van der Waals surface area contributed by atoms with Crippen LogP contribution in [0.5, 0.6) is 0 Å². The molecule has 0 amide bonds. The maximum Gasteiger partial charge on any atom is 0.269 e. The molecule has 4 rings (SSSR count). The Hall–Kier alpha value is -2.28. The Labute approximate surface area is 146 Å². The number of benzene rings is 1. The lowest BCUT2D eigenvalue weighted by Crippen LogP contribution is -2.33. The number of nitro benzene ring substituents is 1. The Morgan fingerprint density at radius 3 is 2.76 bits per heavy atom. The topological polar surface area (TPSA) is 85.3 Å². The molecule has 1 saturated heterocycles. The van der Waals surface area contributed by atoms with Crippen LogP contribution >= 0.6 is 0 Å². The minimum Gasteiger partial charge on any atom is -0.423 e. The molecule has 0 bridgehead atoms. The fraction of sp³-hybridized carbons (Fsp3) is 0.556. The second kappa shape index (κ2) is 6.92. The van der Waals surface area contributed by atoms with E-state index in [4.69, 9.17) is 4.42 Å². The Balaban J connectivity index is 1.51. The fourth-order valence-corrected chi connectivity index (χ4v) is 3.66. The minimum absolute atomic E-state index is 0.106. The van der Waals surface area contributed by atoms with Crippen LogP contribution < -0.4 is 0 Å². The third-order valence-electron chi connectivity index (χ3n) is 5.32. The Morgan fingerprint density at radius 1 is 1.16 bits per heavy atom. The summed E-state index contributed by atoms with van der Waals surface area (Å²) in [6.07, 6.45) is 6.77. The van der Waals surface area contributed by atoms with Crippen LogP contribution in [0.3, 0.4) is 0 Å². The summed E-state index contributed by atoms with van der Waals surface area (Å²) in [4.78, 5) is 12.9. The van der Waals surface area contributed by atoms with Gasteiger partial charge in [-0.25, -0.2) is 0 Å². The molecule has 1 aromatic carbocycles. The van der Waals surface area contributed by atoms with Crippen LogP contribution in [0.2, 0.25) is 0 Å². The van der Waals surface area contributed by atoms with Crippen molar-refractivity contribution in [1.29, 1.82) is 0 Å². The largest absolute Gasteiger partial charge is 0.423 e. The quantitative estimate of drug-likeness (QED) is 0.603. The molecule has 1 aliphatic heterocycles. The normalized spacial score (nSPS) is 21.8. The number of likely N-dealkylation sites (tertiary alicyclic amines) is 1. The van der Waals surface area contributed by atoms with Crippen molar-refractivity contribution < 1.29 is 9.34 Å². The number of nitro groups is 1. The van der Waals surface area contributed by atoms with Crippen molar-refractivity contribution in [2.45, 2.75) is 57.0 Å². The van der Waals surface area contributed by atoms with Crippen molar-refractivity contribution in [1.82, 2.24) is 15.1 Å². The van der Waals surface area contributed by atoms with E-state index in [-0.39, 0.29) is 16.7 Å².